The van der Waals surface area contributed by atoms with Gasteiger partial charge in [-0.15, -0.1) is 0 Å². The van der Waals surface area contributed by atoms with Gasteiger partial charge < -0.3 is 9.32 Å². The van der Waals surface area contributed by atoms with Crippen molar-refractivity contribution in [1.29, 1.82) is 0 Å². The van der Waals surface area contributed by atoms with Crippen molar-refractivity contribution in [3.05, 3.63) is 236 Å². The van der Waals surface area contributed by atoms with Crippen molar-refractivity contribution in [2.24, 2.45) is 0 Å². The van der Waals surface area contributed by atoms with E-state index in [9.17, 15) is 0 Å². The lowest BCUT2D eigenvalue weighted by atomic mass is 9.81. The summed E-state index contributed by atoms with van der Waals surface area (Å²) in [5.74, 6) is 0. The third-order valence-electron chi connectivity index (χ3n) is 13.3. The highest BCUT2D eigenvalue weighted by atomic mass is 16.3. The maximum atomic E-state index is 6.42. The topological polar surface area (TPSA) is 16.4 Å². The van der Waals surface area contributed by atoms with Gasteiger partial charge in [0.25, 0.3) is 0 Å². The van der Waals surface area contributed by atoms with Crippen LogP contribution >= 0.6 is 0 Å². The van der Waals surface area contributed by atoms with Gasteiger partial charge in [-0.25, -0.2) is 0 Å². The van der Waals surface area contributed by atoms with Gasteiger partial charge in [0.05, 0.1) is 11.1 Å². The summed E-state index contributed by atoms with van der Waals surface area (Å²) in [6.45, 7) is 4.69. The number of hydrogen-bond acceptors (Lipinski definition) is 2. The van der Waals surface area contributed by atoms with E-state index in [-0.39, 0.29) is 5.41 Å². The van der Waals surface area contributed by atoms with E-state index in [4.69, 9.17) is 4.42 Å². The summed E-state index contributed by atoms with van der Waals surface area (Å²) in [5.41, 5.74) is 20.0. The van der Waals surface area contributed by atoms with Gasteiger partial charge in [-0.05, 0) is 144 Å². The Labute approximate surface area is 368 Å². The average molecular weight is 806 g/mol. The molecule has 0 fully saturated rings. The monoisotopic (exact) mass is 805 g/mol. The van der Waals surface area contributed by atoms with Crippen molar-refractivity contribution in [3.63, 3.8) is 0 Å². The summed E-state index contributed by atoms with van der Waals surface area (Å²) in [7, 11) is 0. The Morgan fingerprint density at radius 1 is 0.349 bits per heavy atom. The molecule has 0 spiro atoms. The van der Waals surface area contributed by atoms with Crippen LogP contribution in [0.5, 0.6) is 0 Å². The average Bonchev–Trinajstić information content (AvgIpc) is 3.84. The van der Waals surface area contributed by atoms with Crippen molar-refractivity contribution >= 4 is 49.8 Å². The van der Waals surface area contributed by atoms with Crippen LogP contribution < -0.4 is 4.90 Å². The predicted molar refractivity (Wildman–Crippen MR) is 265 cm³/mol. The fourth-order valence-corrected chi connectivity index (χ4v) is 9.98. The van der Waals surface area contributed by atoms with Crippen molar-refractivity contribution in [2.75, 3.05) is 4.90 Å². The van der Waals surface area contributed by atoms with Gasteiger partial charge in [0.15, 0.2) is 0 Å². The summed E-state index contributed by atoms with van der Waals surface area (Å²) in [5, 5.41) is 4.71. The molecule has 1 aliphatic carbocycles. The summed E-state index contributed by atoms with van der Waals surface area (Å²) in [6, 6.07) is 81.6. The van der Waals surface area contributed by atoms with Crippen LogP contribution in [-0.2, 0) is 5.41 Å². The van der Waals surface area contributed by atoms with Crippen LogP contribution in [0.25, 0.3) is 88.3 Å². The summed E-state index contributed by atoms with van der Waals surface area (Å²) >= 11 is 0. The molecule has 0 amide bonds. The van der Waals surface area contributed by atoms with Gasteiger partial charge in [0, 0.05) is 22.2 Å². The molecule has 11 aromatic rings. The second kappa shape index (κ2) is 14.6. The number of nitrogens with zero attached hydrogens (tertiary/aromatic N) is 1. The molecule has 63 heavy (non-hydrogen) atoms. The number of furan rings is 1. The normalized spacial score (nSPS) is 12.7. The zero-order valence-electron chi connectivity index (χ0n) is 35.2. The van der Waals surface area contributed by atoms with Crippen LogP contribution in [0, 0.1) is 0 Å². The fourth-order valence-electron chi connectivity index (χ4n) is 9.98. The van der Waals surface area contributed by atoms with Gasteiger partial charge in [-0.3, -0.25) is 0 Å². The summed E-state index contributed by atoms with van der Waals surface area (Å²) < 4.78 is 6.42. The van der Waals surface area contributed by atoms with Crippen LogP contribution in [0.15, 0.2) is 229 Å². The van der Waals surface area contributed by atoms with Gasteiger partial charge in [0.2, 0.25) is 0 Å². The molecule has 10 aromatic carbocycles. The molecular weight excluding hydrogens is 763 g/mol. The molecule has 1 aliphatic rings. The SMILES string of the molecule is CC1(C)c2ccccc2-c2ccc(-c3ccc(N(c4ccc(-c5cccc(-c6cccc(-c7ccc8ccccc8c7)c6)c5)cc4)c4cccc5oc6ccccc6c45)cc3)cc21. The first-order valence-electron chi connectivity index (χ1n) is 21.8. The molecule has 2 heteroatoms. The Morgan fingerprint density at radius 3 is 1.57 bits per heavy atom. The molecule has 2 nitrogen and oxygen atoms in total. The molecule has 12 rings (SSSR count). The number of anilines is 3. The highest BCUT2D eigenvalue weighted by Gasteiger charge is 2.35. The van der Waals surface area contributed by atoms with E-state index in [0.29, 0.717) is 0 Å². The van der Waals surface area contributed by atoms with Crippen LogP contribution in [0.3, 0.4) is 0 Å². The van der Waals surface area contributed by atoms with E-state index < -0.39 is 0 Å². The molecule has 0 saturated carbocycles. The first-order chi connectivity index (χ1) is 31.0. The Morgan fingerprint density at radius 2 is 0.857 bits per heavy atom. The maximum Gasteiger partial charge on any atom is 0.137 e. The highest BCUT2D eigenvalue weighted by Crippen LogP contribution is 2.50. The van der Waals surface area contributed by atoms with E-state index in [1.807, 2.05) is 6.07 Å². The van der Waals surface area contributed by atoms with Crippen LogP contribution in [0.2, 0.25) is 0 Å². The van der Waals surface area contributed by atoms with Gasteiger partial charge in [-0.2, -0.15) is 0 Å². The molecule has 1 aromatic heterocycles. The van der Waals surface area contributed by atoms with Gasteiger partial charge in [-0.1, -0.05) is 172 Å². The third-order valence-corrected chi connectivity index (χ3v) is 13.3. The van der Waals surface area contributed by atoms with Gasteiger partial charge in [0.1, 0.15) is 11.2 Å². The quantitative estimate of drug-likeness (QED) is 0.160. The van der Waals surface area contributed by atoms with Crippen LogP contribution in [0.4, 0.5) is 17.1 Å². The van der Waals surface area contributed by atoms with Crippen molar-refractivity contribution in [1.82, 2.24) is 0 Å². The first kappa shape index (κ1) is 36.9. The minimum absolute atomic E-state index is 0.0539. The number of rotatable bonds is 7. The molecule has 0 radical (unpaired) electrons. The Bertz CT molecular complexity index is 3540. The number of fused-ring (bicyclic) bond motifs is 7. The molecule has 0 atom stereocenters. The number of benzene rings is 10. The number of hydrogen-bond donors (Lipinski definition) is 0. The Hall–Kier alpha value is -7.94. The lowest BCUT2D eigenvalue weighted by Gasteiger charge is -2.27. The van der Waals surface area contributed by atoms with Gasteiger partial charge >= 0.3 is 0 Å². The minimum atomic E-state index is -0.0539. The molecule has 0 aliphatic heterocycles. The predicted octanol–water partition coefficient (Wildman–Crippen LogP) is 17.2. The molecular formula is C61H43NO. The lowest BCUT2D eigenvalue weighted by molar-refractivity contribution is 0.660. The zero-order chi connectivity index (χ0) is 42.1. The van der Waals surface area contributed by atoms with Crippen molar-refractivity contribution in [3.8, 4) is 55.6 Å². The smallest absolute Gasteiger partial charge is 0.137 e. The van der Waals surface area contributed by atoms with E-state index >= 15 is 0 Å². The van der Waals surface area contributed by atoms with Crippen LogP contribution in [0.1, 0.15) is 25.0 Å². The number of para-hydroxylation sites is 1. The molecule has 1 heterocycles. The zero-order valence-corrected chi connectivity index (χ0v) is 35.2. The minimum Gasteiger partial charge on any atom is -0.456 e. The molecule has 0 unspecified atom stereocenters. The highest BCUT2D eigenvalue weighted by molar-refractivity contribution is 6.13. The van der Waals surface area contributed by atoms with Crippen molar-refractivity contribution in [2.45, 2.75) is 19.3 Å². The second-order valence-corrected chi connectivity index (χ2v) is 17.3. The molecule has 0 saturated heterocycles. The molecule has 298 valence electrons. The maximum absolute atomic E-state index is 6.42. The molecule has 0 bridgehead atoms. The lowest BCUT2D eigenvalue weighted by Crippen LogP contribution is -2.14. The second-order valence-electron chi connectivity index (χ2n) is 17.3. The largest absolute Gasteiger partial charge is 0.456 e. The van der Waals surface area contributed by atoms with E-state index in [2.05, 4.69) is 237 Å². The standard InChI is InChI=1S/C61H43NO/c1-61(2)55-20-7-5-18-52(55)53-35-30-49(39-56(53)61)42-28-33-51(34-29-42)62(57-21-11-23-59-60(57)54-19-6-8-22-58(54)63-59)50-31-26-41(27-32-50)44-14-9-15-45(36-44)46-16-10-17-47(38-46)48-25-24-40-12-3-4-13-43(40)37-48/h3-39H,1-2H3. The Kier molecular flexibility index (Phi) is 8.55. The third kappa shape index (κ3) is 6.25. The fraction of sp³-hybridized carbons (Fsp3) is 0.0492. The van der Waals surface area contributed by atoms with Crippen LogP contribution in [-0.4, -0.2) is 0 Å². The van der Waals surface area contributed by atoms with Crippen molar-refractivity contribution < 1.29 is 4.42 Å². The van der Waals surface area contributed by atoms with E-state index in [1.54, 1.807) is 0 Å². The summed E-state index contributed by atoms with van der Waals surface area (Å²) in [4.78, 5) is 2.37. The Balaban J connectivity index is 0.906. The summed E-state index contributed by atoms with van der Waals surface area (Å²) in [6.07, 6.45) is 0. The van der Waals surface area contributed by atoms with E-state index in [1.165, 1.54) is 72.0 Å². The molecule has 0 N–H and O–H groups in total. The first-order valence-corrected chi connectivity index (χ1v) is 21.8. The van der Waals surface area contributed by atoms with E-state index in [0.717, 1.165) is 44.6 Å².